The van der Waals surface area contributed by atoms with Gasteiger partial charge in [0.1, 0.15) is 0 Å². The van der Waals surface area contributed by atoms with E-state index in [2.05, 4.69) is 31.3 Å². The minimum atomic E-state index is -0.385. The van der Waals surface area contributed by atoms with Crippen LogP contribution in [0.1, 0.15) is 21.7 Å². The summed E-state index contributed by atoms with van der Waals surface area (Å²) in [6.45, 7) is 3.99. The average Bonchev–Trinajstić information content (AvgIpc) is 3.17. The molecule has 0 aliphatic rings. The van der Waals surface area contributed by atoms with Crippen molar-refractivity contribution in [2.24, 2.45) is 0 Å². The summed E-state index contributed by atoms with van der Waals surface area (Å²) >= 11 is 9.62. The average molecular weight is 482 g/mol. The molecule has 0 bridgehead atoms. The van der Waals surface area contributed by atoms with E-state index in [1.807, 2.05) is 68.4 Å². The van der Waals surface area contributed by atoms with E-state index in [4.69, 9.17) is 11.6 Å². The highest BCUT2D eigenvalue weighted by atomic mass is 79.9. The number of halogens is 2. The molecule has 4 rings (SSSR count). The third kappa shape index (κ3) is 4.30. The largest absolute Gasteiger partial charge is 0.319 e. The van der Waals surface area contributed by atoms with Crippen molar-refractivity contribution < 1.29 is 4.79 Å². The lowest BCUT2D eigenvalue weighted by Crippen LogP contribution is -2.14. The van der Waals surface area contributed by atoms with E-state index in [0.717, 1.165) is 26.9 Å². The van der Waals surface area contributed by atoms with Gasteiger partial charge in [-0.15, -0.1) is 5.10 Å². The van der Waals surface area contributed by atoms with Crippen LogP contribution in [0.15, 0.2) is 71.2 Å². The zero-order chi connectivity index (χ0) is 21.3. The number of hydrogen-bond donors (Lipinski definition) is 1. The lowest BCUT2D eigenvalue weighted by molar-refractivity contribution is 0.101. The van der Waals surface area contributed by atoms with Crippen LogP contribution in [0.2, 0.25) is 5.02 Å². The highest BCUT2D eigenvalue weighted by Gasteiger charge is 2.20. The van der Waals surface area contributed by atoms with Crippen LogP contribution in [0.25, 0.3) is 17.1 Å². The van der Waals surface area contributed by atoms with Crippen LogP contribution < -0.4 is 5.32 Å². The smallest absolute Gasteiger partial charge is 0.295 e. The van der Waals surface area contributed by atoms with Crippen LogP contribution in [0.4, 0.5) is 5.69 Å². The lowest BCUT2D eigenvalue weighted by Gasteiger charge is -2.09. The second-order valence-electron chi connectivity index (χ2n) is 6.93. The van der Waals surface area contributed by atoms with E-state index in [0.29, 0.717) is 16.5 Å². The fraction of sp³-hybridized carbons (Fsp3) is 0.0870. The van der Waals surface area contributed by atoms with Crippen molar-refractivity contribution in [3.8, 4) is 17.1 Å². The van der Waals surface area contributed by atoms with E-state index >= 15 is 0 Å². The molecule has 4 aromatic rings. The van der Waals surface area contributed by atoms with E-state index < -0.39 is 0 Å². The number of anilines is 1. The molecule has 5 nitrogen and oxygen atoms in total. The standard InChI is InChI=1S/C23H18BrClN4O/c1-14-3-6-16(7-4-14)22-27-21(23(30)26-19-11-8-17(24)9-12-19)28-29(22)20-13-18(25)10-5-15(20)2/h3-13H,1-2H3,(H,26,30). The molecule has 0 unspecified atom stereocenters. The zero-order valence-corrected chi connectivity index (χ0v) is 18.7. The van der Waals surface area contributed by atoms with Crippen molar-refractivity contribution in [1.82, 2.24) is 14.8 Å². The highest BCUT2D eigenvalue weighted by Crippen LogP contribution is 2.26. The van der Waals surface area contributed by atoms with Gasteiger partial charge in [-0.05, 0) is 55.8 Å². The molecule has 1 aromatic heterocycles. The summed E-state index contributed by atoms with van der Waals surface area (Å²) in [5.74, 6) is 0.262. The number of rotatable bonds is 4. The van der Waals surface area contributed by atoms with Crippen LogP contribution in [-0.2, 0) is 0 Å². The molecule has 3 aromatic carbocycles. The number of nitrogens with zero attached hydrogens (tertiary/aromatic N) is 3. The molecule has 1 N–H and O–H groups in total. The molecule has 1 amide bonds. The predicted molar refractivity (Wildman–Crippen MR) is 123 cm³/mol. The van der Waals surface area contributed by atoms with Crippen molar-refractivity contribution in [3.63, 3.8) is 0 Å². The van der Waals surface area contributed by atoms with Crippen LogP contribution in [0.3, 0.4) is 0 Å². The summed E-state index contributed by atoms with van der Waals surface area (Å²) < 4.78 is 2.60. The first-order chi connectivity index (χ1) is 14.4. The third-order valence-electron chi connectivity index (χ3n) is 4.62. The maximum absolute atomic E-state index is 12.8. The Kier molecular flexibility index (Phi) is 5.70. The summed E-state index contributed by atoms with van der Waals surface area (Å²) in [7, 11) is 0. The Bertz CT molecular complexity index is 1220. The molecule has 0 saturated carbocycles. The number of carbonyl (C=O) groups is 1. The van der Waals surface area contributed by atoms with Gasteiger partial charge in [-0.2, -0.15) is 0 Å². The van der Waals surface area contributed by atoms with Crippen molar-refractivity contribution in [2.45, 2.75) is 13.8 Å². The van der Waals surface area contributed by atoms with Gasteiger partial charge < -0.3 is 5.32 Å². The molecule has 0 fully saturated rings. The van der Waals surface area contributed by atoms with Crippen molar-refractivity contribution in [2.75, 3.05) is 5.32 Å². The maximum atomic E-state index is 12.8. The summed E-state index contributed by atoms with van der Waals surface area (Å²) in [6.07, 6.45) is 0. The van der Waals surface area contributed by atoms with Crippen LogP contribution in [0, 0.1) is 13.8 Å². The minimum absolute atomic E-state index is 0.0767. The van der Waals surface area contributed by atoms with Crippen molar-refractivity contribution in [3.05, 3.63) is 93.2 Å². The molecule has 0 atom stereocenters. The van der Waals surface area contributed by atoms with Gasteiger partial charge in [0.05, 0.1) is 5.69 Å². The van der Waals surface area contributed by atoms with Crippen LogP contribution in [-0.4, -0.2) is 20.7 Å². The number of benzene rings is 3. The Morgan fingerprint density at radius 1 is 1.00 bits per heavy atom. The number of aromatic nitrogens is 3. The first-order valence-corrected chi connectivity index (χ1v) is 10.5. The van der Waals surface area contributed by atoms with Gasteiger partial charge in [0.15, 0.2) is 5.82 Å². The van der Waals surface area contributed by atoms with Gasteiger partial charge >= 0.3 is 0 Å². The molecule has 7 heteroatoms. The fourth-order valence-corrected chi connectivity index (χ4v) is 3.43. The second kappa shape index (κ2) is 8.42. The molecule has 0 radical (unpaired) electrons. The Labute approximate surface area is 187 Å². The molecule has 0 aliphatic carbocycles. The Hall–Kier alpha value is -2.96. The fourth-order valence-electron chi connectivity index (χ4n) is 3.00. The topological polar surface area (TPSA) is 59.8 Å². The van der Waals surface area contributed by atoms with E-state index in [-0.39, 0.29) is 11.7 Å². The van der Waals surface area contributed by atoms with Gasteiger partial charge in [-0.3, -0.25) is 4.79 Å². The summed E-state index contributed by atoms with van der Waals surface area (Å²) in [4.78, 5) is 17.4. The van der Waals surface area contributed by atoms with Gasteiger partial charge in [-0.25, -0.2) is 9.67 Å². The van der Waals surface area contributed by atoms with E-state index in [1.165, 1.54) is 0 Å². The lowest BCUT2D eigenvalue weighted by atomic mass is 10.1. The van der Waals surface area contributed by atoms with Crippen LogP contribution in [0.5, 0.6) is 0 Å². The normalized spacial score (nSPS) is 10.8. The minimum Gasteiger partial charge on any atom is -0.319 e. The van der Waals surface area contributed by atoms with Gasteiger partial charge in [0.25, 0.3) is 5.91 Å². The molecular formula is C23H18BrClN4O. The highest BCUT2D eigenvalue weighted by molar-refractivity contribution is 9.10. The van der Waals surface area contributed by atoms with Crippen molar-refractivity contribution >= 4 is 39.1 Å². The Morgan fingerprint density at radius 2 is 1.70 bits per heavy atom. The van der Waals surface area contributed by atoms with Gasteiger partial charge in [-0.1, -0.05) is 63.4 Å². The van der Waals surface area contributed by atoms with Crippen molar-refractivity contribution in [1.29, 1.82) is 0 Å². The number of amides is 1. The zero-order valence-electron chi connectivity index (χ0n) is 16.4. The molecule has 30 heavy (non-hydrogen) atoms. The predicted octanol–water partition coefficient (Wildman–Crippen LogP) is 6.22. The summed E-state index contributed by atoms with van der Waals surface area (Å²) in [5, 5.41) is 7.95. The van der Waals surface area contributed by atoms with E-state index in [1.54, 1.807) is 16.8 Å². The molecule has 1 heterocycles. The number of carbonyl (C=O) groups excluding carboxylic acids is 1. The second-order valence-corrected chi connectivity index (χ2v) is 8.28. The molecular weight excluding hydrogens is 464 g/mol. The van der Waals surface area contributed by atoms with E-state index in [9.17, 15) is 4.79 Å². The summed E-state index contributed by atoms with van der Waals surface area (Å²) in [6, 6.07) is 20.8. The number of nitrogens with one attached hydrogen (secondary N) is 1. The maximum Gasteiger partial charge on any atom is 0.295 e. The number of aryl methyl sites for hydroxylation is 2. The first-order valence-electron chi connectivity index (χ1n) is 9.28. The molecule has 150 valence electrons. The monoisotopic (exact) mass is 480 g/mol. The third-order valence-corrected chi connectivity index (χ3v) is 5.39. The SMILES string of the molecule is Cc1ccc(-c2nc(C(=O)Nc3ccc(Br)cc3)nn2-c2cc(Cl)ccc2C)cc1. The molecule has 0 saturated heterocycles. The molecule has 0 aliphatic heterocycles. The summed E-state index contributed by atoms with van der Waals surface area (Å²) in [5.41, 5.74) is 4.40. The molecule has 0 spiro atoms. The first kappa shape index (κ1) is 20.3. The van der Waals surface area contributed by atoms with Crippen LogP contribution >= 0.6 is 27.5 Å². The number of hydrogen-bond acceptors (Lipinski definition) is 3. The quantitative estimate of drug-likeness (QED) is 0.376. The Morgan fingerprint density at radius 3 is 2.40 bits per heavy atom. The Balaban J connectivity index is 1.79. The van der Waals surface area contributed by atoms with Gasteiger partial charge in [0, 0.05) is 20.7 Å². The van der Waals surface area contributed by atoms with Gasteiger partial charge in [0.2, 0.25) is 5.82 Å².